The molecule has 1 aliphatic heterocycles. The number of carbonyl (C=O) groups is 2. The van der Waals surface area contributed by atoms with Gasteiger partial charge in [-0.15, -0.1) is 11.3 Å². The number of benzene rings is 1. The number of halogens is 1. The van der Waals surface area contributed by atoms with Gasteiger partial charge in [0.25, 0.3) is 5.91 Å². The second-order valence-electron chi connectivity index (χ2n) is 6.51. The monoisotopic (exact) mass is 402 g/mol. The first-order valence-corrected chi connectivity index (χ1v) is 10.1. The van der Waals surface area contributed by atoms with Gasteiger partial charge in [0.15, 0.2) is 4.96 Å². The first-order valence-electron chi connectivity index (χ1n) is 8.87. The highest BCUT2D eigenvalue weighted by atomic mass is 35.5. The van der Waals surface area contributed by atoms with Crippen LogP contribution in [-0.2, 0) is 4.79 Å². The number of imidazole rings is 1. The molecule has 1 N–H and O–H groups in total. The number of nitrogens with zero attached hydrogens (tertiary/aromatic N) is 3. The maximum atomic E-state index is 13.0. The van der Waals surface area contributed by atoms with Gasteiger partial charge in [0, 0.05) is 36.8 Å². The van der Waals surface area contributed by atoms with Crippen LogP contribution in [0, 0.1) is 5.92 Å². The van der Waals surface area contributed by atoms with E-state index in [0.717, 1.165) is 16.2 Å². The van der Waals surface area contributed by atoms with E-state index in [9.17, 15) is 9.59 Å². The lowest BCUT2D eigenvalue weighted by atomic mass is 10.1. The summed E-state index contributed by atoms with van der Waals surface area (Å²) in [6, 6.07) is 7.51. The van der Waals surface area contributed by atoms with Crippen LogP contribution in [-0.4, -0.2) is 45.7 Å². The van der Waals surface area contributed by atoms with Crippen molar-refractivity contribution >= 4 is 39.7 Å². The standard InChI is InChI=1S/C19H19ClN4O2S/c1-2-21-17(25)12-7-8-23(9-12)18(26)16-11-27-19-22-15(10-24(16)19)13-5-3-4-6-14(13)20/h3-6,10-12H,2,7-9H2,1H3,(H,21,25)/t12-/m1/s1. The van der Waals surface area contributed by atoms with Crippen LogP contribution < -0.4 is 5.32 Å². The molecule has 1 aromatic carbocycles. The molecule has 4 rings (SSSR count). The van der Waals surface area contributed by atoms with Gasteiger partial charge in [-0.25, -0.2) is 4.98 Å². The SMILES string of the molecule is CCNC(=O)[C@@H]1CCN(C(=O)c2csc3nc(-c4ccccc4Cl)cn23)C1. The van der Waals surface area contributed by atoms with Crippen LogP contribution in [0.15, 0.2) is 35.8 Å². The van der Waals surface area contributed by atoms with E-state index in [1.165, 1.54) is 11.3 Å². The van der Waals surface area contributed by atoms with Crippen LogP contribution in [0.5, 0.6) is 0 Å². The average molecular weight is 403 g/mol. The third-order valence-corrected chi connectivity index (χ3v) is 5.94. The Labute approximate surface area is 165 Å². The van der Waals surface area contributed by atoms with Crippen molar-refractivity contribution in [3.05, 3.63) is 46.6 Å². The molecule has 1 fully saturated rings. The molecule has 0 aliphatic carbocycles. The minimum Gasteiger partial charge on any atom is -0.356 e. The molecule has 1 atom stereocenters. The highest BCUT2D eigenvalue weighted by molar-refractivity contribution is 7.15. The van der Waals surface area contributed by atoms with Gasteiger partial charge in [-0.1, -0.05) is 29.8 Å². The summed E-state index contributed by atoms with van der Waals surface area (Å²) in [6.45, 7) is 3.54. The van der Waals surface area contributed by atoms with Crippen molar-refractivity contribution in [3.8, 4) is 11.3 Å². The number of amides is 2. The number of hydrogen-bond donors (Lipinski definition) is 1. The molecule has 8 heteroatoms. The van der Waals surface area contributed by atoms with Gasteiger partial charge < -0.3 is 10.2 Å². The fraction of sp³-hybridized carbons (Fsp3) is 0.316. The van der Waals surface area contributed by atoms with Gasteiger partial charge >= 0.3 is 0 Å². The molecule has 3 aromatic rings. The zero-order valence-corrected chi connectivity index (χ0v) is 16.4. The molecule has 0 radical (unpaired) electrons. The largest absolute Gasteiger partial charge is 0.356 e. The maximum absolute atomic E-state index is 13.0. The smallest absolute Gasteiger partial charge is 0.271 e. The normalized spacial score (nSPS) is 16.8. The fourth-order valence-corrected chi connectivity index (χ4v) is 4.46. The number of carbonyl (C=O) groups excluding carboxylic acids is 2. The topological polar surface area (TPSA) is 66.7 Å². The lowest BCUT2D eigenvalue weighted by molar-refractivity contribution is -0.124. The summed E-state index contributed by atoms with van der Waals surface area (Å²) in [4.78, 5) is 32.1. The second-order valence-corrected chi connectivity index (χ2v) is 7.75. The first kappa shape index (κ1) is 18.0. The Bertz CT molecular complexity index is 1010. The van der Waals surface area contributed by atoms with Gasteiger partial charge in [0.05, 0.1) is 16.6 Å². The summed E-state index contributed by atoms with van der Waals surface area (Å²) >= 11 is 7.69. The summed E-state index contributed by atoms with van der Waals surface area (Å²) in [6.07, 6.45) is 2.54. The van der Waals surface area contributed by atoms with E-state index in [1.54, 1.807) is 4.90 Å². The number of aromatic nitrogens is 2. The molecule has 27 heavy (non-hydrogen) atoms. The zero-order valence-electron chi connectivity index (χ0n) is 14.8. The van der Waals surface area contributed by atoms with Crippen molar-refractivity contribution < 1.29 is 9.59 Å². The molecular formula is C19H19ClN4O2S. The van der Waals surface area contributed by atoms with Crippen LogP contribution in [0.3, 0.4) is 0 Å². The van der Waals surface area contributed by atoms with E-state index in [2.05, 4.69) is 10.3 Å². The molecule has 1 saturated heterocycles. The Morgan fingerprint density at radius 1 is 1.37 bits per heavy atom. The molecule has 1 aliphatic rings. The third-order valence-electron chi connectivity index (χ3n) is 4.78. The predicted molar refractivity (Wildman–Crippen MR) is 106 cm³/mol. The minimum absolute atomic E-state index is 0.0203. The third kappa shape index (κ3) is 3.33. The molecule has 3 heterocycles. The number of thiazole rings is 1. The molecule has 2 aromatic heterocycles. The Hall–Kier alpha value is -2.38. The molecule has 0 bridgehead atoms. The van der Waals surface area contributed by atoms with Crippen LogP contribution in [0.1, 0.15) is 23.8 Å². The molecule has 2 amide bonds. The quantitative estimate of drug-likeness (QED) is 0.728. The van der Waals surface area contributed by atoms with E-state index < -0.39 is 0 Å². The highest BCUT2D eigenvalue weighted by Gasteiger charge is 2.32. The molecule has 0 saturated carbocycles. The van der Waals surface area contributed by atoms with E-state index in [1.807, 2.05) is 47.2 Å². The number of fused-ring (bicyclic) bond motifs is 1. The van der Waals surface area contributed by atoms with Crippen molar-refractivity contribution in [2.45, 2.75) is 13.3 Å². The van der Waals surface area contributed by atoms with E-state index in [0.29, 0.717) is 36.8 Å². The van der Waals surface area contributed by atoms with E-state index in [4.69, 9.17) is 11.6 Å². The summed E-state index contributed by atoms with van der Waals surface area (Å²) in [5.74, 6) is -0.187. The fourth-order valence-electron chi connectivity index (χ4n) is 3.38. The Kier molecular flexibility index (Phi) is 4.88. The lowest BCUT2D eigenvalue weighted by Gasteiger charge is -2.15. The average Bonchev–Trinajstić information content (AvgIpc) is 3.37. The van der Waals surface area contributed by atoms with E-state index >= 15 is 0 Å². The molecular weight excluding hydrogens is 384 g/mol. The summed E-state index contributed by atoms with van der Waals surface area (Å²) in [7, 11) is 0. The van der Waals surface area contributed by atoms with Gasteiger partial charge in [-0.2, -0.15) is 0 Å². The van der Waals surface area contributed by atoms with Gasteiger partial charge in [-0.3, -0.25) is 14.0 Å². The highest BCUT2D eigenvalue weighted by Crippen LogP contribution is 2.29. The zero-order chi connectivity index (χ0) is 19.0. The first-order chi connectivity index (χ1) is 13.1. The van der Waals surface area contributed by atoms with Crippen molar-refractivity contribution in [1.82, 2.24) is 19.6 Å². The second kappa shape index (κ2) is 7.32. The molecule has 0 unspecified atom stereocenters. The Morgan fingerprint density at radius 2 is 2.19 bits per heavy atom. The Balaban J connectivity index is 1.58. The molecule has 0 spiro atoms. The minimum atomic E-state index is -0.135. The van der Waals surface area contributed by atoms with E-state index in [-0.39, 0.29) is 17.7 Å². The number of likely N-dealkylation sites (tertiary alicyclic amines) is 1. The van der Waals surface area contributed by atoms with Crippen molar-refractivity contribution in [2.75, 3.05) is 19.6 Å². The van der Waals surface area contributed by atoms with Crippen LogP contribution in [0.25, 0.3) is 16.2 Å². The molecule has 6 nitrogen and oxygen atoms in total. The van der Waals surface area contributed by atoms with Gasteiger partial charge in [0.1, 0.15) is 5.69 Å². The summed E-state index contributed by atoms with van der Waals surface area (Å²) < 4.78 is 1.81. The molecule has 140 valence electrons. The lowest BCUT2D eigenvalue weighted by Crippen LogP contribution is -2.34. The summed E-state index contributed by atoms with van der Waals surface area (Å²) in [5, 5.41) is 5.28. The number of rotatable bonds is 4. The van der Waals surface area contributed by atoms with Crippen molar-refractivity contribution in [1.29, 1.82) is 0 Å². The van der Waals surface area contributed by atoms with Gasteiger partial charge in [0.2, 0.25) is 5.91 Å². The predicted octanol–water partition coefficient (Wildman–Crippen LogP) is 3.31. The Morgan fingerprint density at radius 3 is 2.96 bits per heavy atom. The van der Waals surface area contributed by atoms with Crippen LogP contribution in [0.2, 0.25) is 5.02 Å². The van der Waals surface area contributed by atoms with Crippen LogP contribution in [0.4, 0.5) is 0 Å². The number of hydrogen-bond acceptors (Lipinski definition) is 4. The number of nitrogens with one attached hydrogen (secondary N) is 1. The maximum Gasteiger partial charge on any atom is 0.271 e. The van der Waals surface area contributed by atoms with Crippen LogP contribution >= 0.6 is 22.9 Å². The van der Waals surface area contributed by atoms with Crippen molar-refractivity contribution in [3.63, 3.8) is 0 Å². The van der Waals surface area contributed by atoms with Crippen molar-refractivity contribution in [2.24, 2.45) is 5.92 Å². The van der Waals surface area contributed by atoms with Gasteiger partial charge in [-0.05, 0) is 19.4 Å². The summed E-state index contributed by atoms with van der Waals surface area (Å²) in [5.41, 5.74) is 2.14.